The van der Waals surface area contributed by atoms with E-state index in [1.165, 1.54) is 21.3 Å². The summed E-state index contributed by atoms with van der Waals surface area (Å²) in [6.07, 6.45) is 0. The summed E-state index contributed by atoms with van der Waals surface area (Å²) in [7, 11) is -0.182. The van der Waals surface area contributed by atoms with Crippen molar-refractivity contribution in [2.24, 2.45) is 0 Å². The van der Waals surface area contributed by atoms with E-state index in [9.17, 15) is 18.5 Å². The number of rotatable bonds is 7. The van der Waals surface area contributed by atoms with Crippen LogP contribution in [0.25, 0.3) is 0 Å². The summed E-state index contributed by atoms with van der Waals surface area (Å²) in [6, 6.07) is 3.84. The molecule has 10 heteroatoms. The van der Waals surface area contributed by atoms with Gasteiger partial charge in [-0.25, -0.2) is 8.42 Å². The lowest BCUT2D eigenvalue weighted by Crippen LogP contribution is -3.12. The predicted octanol–water partition coefficient (Wildman–Crippen LogP) is -0.439. The van der Waals surface area contributed by atoms with Crippen LogP contribution in [0.2, 0.25) is 0 Å². The first-order valence-corrected chi connectivity index (χ1v) is 9.55. The van der Waals surface area contributed by atoms with Gasteiger partial charge >= 0.3 is 0 Å². The Morgan fingerprint density at radius 2 is 2.04 bits per heavy atom. The SMILES string of the molecule is COC[C@@H](C)Nc1ccc(S(=O)(=O)N2CC[NH+](C)CC2)cc1[N+](=O)[O-]. The van der Waals surface area contributed by atoms with Gasteiger partial charge in [0.05, 0.1) is 49.7 Å². The van der Waals surface area contributed by atoms with Crippen LogP contribution in [-0.4, -0.2) is 70.6 Å². The van der Waals surface area contributed by atoms with Gasteiger partial charge in [0.2, 0.25) is 10.0 Å². The normalized spacial score (nSPS) is 18.0. The highest BCUT2D eigenvalue weighted by Gasteiger charge is 2.31. The highest BCUT2D eigenvalue weighted by molar-refractivity contribution is 7.89. The van der Waals surface area contributed by atoms with Gasteiger partial charge in [0.15, 0.2) is 0 Å². The molecule has 1 heterocycles. The van der Waals surface area contributed by atoms with E-state index in [2.05, 4.69) is 5.32 Å². The summed E-state index contributed by atoms with van der Waals surface area (Å²) < 4.78 is 31.9. The molecule has 0 saturated carbocycles. The molecule has 1 aromatic rings. The predicted molar refractivity (Wildman–Crippen MR) is 93.4 cm³/mol. The van der Waals surface area contributed by atoms with Crippen molar-refractivity contribution in [1.29, 1.82) is 0 Å². The van der Waals surface area contributed by atoms with E-state index in [1.54, 1.807) is 7.11 Å². The molecule has 1 aliphatic rings. The Balaban J connectivity index is 2.30. The number of nitro benzene ring substituents is 1. The molecule has 1 aromatic carbocycles. The third kappa shape index (κ3) is 4.66. The summed E-state index contributed by atoms with van der Waals surface area (Å²) in [4.78, 5) is 12.0. The summed E-state index contributed by atoms with van der Waals surface area (Å²) >= 11 is 0. The first kappa shape index (κ1) is 19.6. The molecule has 2 rings (SSSR count). The van der Waals surface area contributed by atoms with Crippen molar-refractivity contribution in [3.63, 3.8) is 0 Å². The summed E-state index contributed by atoms with van der Waals surface area (Å²) in [5.41, 5.74) is 0.0140. The van der Waals surface area contributed by atoms with E-state index in [4.69, 9.17) is 4.74 Å². The number of piperazine rings is 1. The molecule has 1 fully saturated rings. The molecule has 0 aliphatic carbocycles. The number of hydrogen-bond donors (Lipinski definition) is 2. The molecule has 0 spiro atoms. The molecule has 140 valence electrons. The molecule has 2 N–H and O–H groups in total. The van der Waals surface area contributed by atoms with Crippen molar-refractivity contribution in [1.82, 2.24) is 4.31 Å². The maximum atomic E-state index is 12.8. The molecule has 1 atom stereocenters. The Kier molecular flexibility index (Phi) is 6.33. The maximum absolute atomic E-state index is 12.8. The minimum Gasteiger partial charge on any atom is -0.383 e. The molecule has 0 radical (unpaired) electrons. The van der Waals surface area contributed by atoms with Gasteiger partial charge in [-0.1, -0.05) is 0 Å². The number of nitro groups is 1. The van der Waals surface area contributed by atoms with Crippen LogP contribution in [-0.2, 0) is 14.8 Å². The molecule has 1 aliphatic heterocycles. The van der Waals surface area contributed by atoms with Crippen LogP contribution < -0.4 is 10.2 Å². The Bertz CT molecular complexity index is 717. The molecule has 0 aromatic heterocycles. The third-order valence-corrected chi connectivity index (χ3v) is 6.09. The fourth-order valence-corrected chi connectivity index (χ4v) is 4.22. The second kappa shape index (κ2) is 8.09. The first-order chi connectivity index (χ1) is 11.8. The lowest BCUT2D eigenvalue weighted by Gasteiger charge is -2.29. The Morgan fingerprint density at radius 3 is 2.60 bits per heavy atom. The van der Waals surface area contributed by atoms with Crippen LogP contribution in [0.1, 0.15) is 6.92 Å². The van der Waals surface area contributed by atoms with E-state index >= 15 is 0 Å². The van der Waals surface area contributed by atoms with Crippen molar-refractivity contribution in [2.75, 3.05) is 52.3 Å². The number of hydrogen-bond acceptors (Lipinski definition) is 6. The lowest BCUT2D eigenvalue weighted by atomic mass is 10.2. The summed E-state index contributed by atoms with van der Waals surface area (Å²) in [5.74, 6) is 0. The van der Waals surface area contributed by atoms with Crippen LogP contribution in [0.3, 0.4) is 0 Å². The number of quaternary nitrogens is 1. The van der Waals surface area contributed by atoms with Crippen LogP contribution >= 0.6 is 0 Å². The van der Waals surface area contributed by atoms with E-state index in [0.29, 0.717) is 19.7 Å². The molecular weight excluding hydrogens is 348 g/mol. The molecular formula is C15H25N4O5S+. The van der Waals surface area contributed by atoms with Gasteiger partial charge in [0, 0.05) is 19.2 Å². The van der Waals surface area contributed by atoms with Gasteiger partial charge in [-0.05, 0) is 19.1 Å². The maximum Gasteiger partial charge on any atom is 0.293 e. The van der Waals surface area contributed by atoms with E-state index in [0.717, 1.165) is 19.2 Å². The number of sulfonamides is 1. The van der Waals surface area contributed by atoms with Crippen molar-refractivity contribution in [3.05, 3.63) is 28.3 Å². The van der Waals surface area contributed by atoms with Gasteiger partial charge in [-0.2, -0.15) is 4.31 Å². The van der Waals surface area contributed by atoms with E-state index in [-0.39, 0.29) is 22.3 Å². The van der Waals surface area contributed by atoms with Gasteiger partial charge in [-0.3, -0.25) is 10.1 Å². The average Bonchev–Trinajstić information content (AvgIpc) is 2.55. The van der Waals surface area contributed by atoms with E-state index in [1.807, 2.05) is 14.0 Å². The van der Waals surface area contributed by atoms with Gasteiger partial charge < -0.3 is 15.0 Å². The first-order valence-electron chi connectivity index (χ1n) is 8.11. The number of ether oxygens (including phenoxy) is 1. The topological polar surface area (TPSA) is 106 Å². The number of nitrogens with one attached hydrogen (secondary N) is 2. The minimum absolute atomic E-state index is 0.0521. The summed E-state index contributed by atoms with van der Waals surface area (Å²) in [5, 5.41) is 14.4. The fourth-order valence-electron chi connectivity index (χ4n) is 2.76. The molecule has 25 heavy (non-hydrogen) atoms. The van der Waals surface area contributed by atoms with Crippen LogP contribution in [0.5, 0.6) is 0 Å². The number of nitrogens with zero attached hydrogens (tertiary/aromatic N) is 2. The lowest BCUT2D eigenvalue weighted by molar-refractivity contribution is -0.883. The fraction of sp³-hybridized carbons (Fsp3) is 0.600. The minimum atomic E-state index is -3.73. The average molecular weight is 373 g/mol. The zero-order valence-electron chi connectivity index (χ0n) is 14.7. The summed E-state index contributed by atoms with van der Waals surface area (Å²) in [6.45, 7) is 4.45. The molecule has 1 saturated heterocycles. The number of benzene rings is 1. The Labute approximate surface area is 147 Å². The second-order valence-electron chi connectivity index (χ2n) is 6.30. The number of anilines is 1. The molecule has 0 unspecified atom stereocenters. The van der Waals surface area contributed by atoms with Crippen LogP contribution in [0.15, 0.2) is 23.1 Å². The zero-order chi connectivity index (χ0) is 18.6. The van der Waals surface area contributed by atoms with Crippen LogP contribution in [0, 0.1) is 10.1 Å². The van der Waals surface area contributed by atoms with Crippen molar-refractivity contribution in [3.8, 4) is 0 Å². The van der Waals surface area contributed by atoms with Crippen LogP contribution in [0.4, 0.5) is 11.4 Å². The Hall–Kier alpha value is -1.75. The molecule has 0 amide bonds. The monoisotopic (exact) mass is 373 g/mol. The molecule has 9 nitrogen and oxygen atoms in total. The molecule has 0 bridgehead atoms. The smallest absolute Gasteiger partial charge is 0.293 e. The van der Waals surface area contributed by atoms with Crippen molar-refractivity contribution >= 4 is 21.4 Å². The highest BCUT2D eigenvalue weighted by Crippen LogP contribution is 2.29. The zero-order valence-corrected chi connectivity index (χ0v) is 15.5. The third-order valence-electron chi connectivity index (χ3n) is 4.20. The highest BCUT2D eigenvalue weighted by atomic mass is 32.2. The standard InChI is InChI=1S/C15H24N4O5S/c1-12(11-24-3)16-14-5-4-13(10-15(14)19(20)21)25(22,23)18-8-6-17(2)7-9-18/h4-5,10,12,16H,6-9,11H2,1-3H3/p+1/t12-/m1/s1. The van der Waals surface area contributed by atoms with Gasteiger partial charge in [-0.15, -0.1) is 0 Å². The Morgan fingerprint density at radius 1 is 1.40 bits per heavy atom. The largest absolute Gasteiger partial charge is 0.383 e. The number of likely N-dealkylation sites (N-methyl/N-ethyl adjacent to an activating group) is 1. The van der Waals surface area contributed by atoms with Crippen molar-refractivity contribution < 1.29 is 23.0 Å². The quantitative estimate of drug-likeness (QED) is 0.496. The van der Waals surface area contributed by atoms with Gasteiger partial charge in [0.1, 0.15) is 5.69 Å². The van der Waals surface area contributed by atoms with Gasteiger partial charge in [0.25, 0.3) is 5.69 Å². The number of methoxy groups -OCH3 is 1. The van der Waals surface area contributed by atoms with E-state index < -0.39 is 14.9 Å². The van der Waals surface area contributed by atoms with Crippen molar-refractivity contribution in [2.45, 2.75) is 17.9 Å². The second-order valence-corrected chi connectivity index (χ2v) is 8.24.